The molecular weight excluding hydrogens is 520 g/mol. The summed E-state index contributed by atoms with van der Waals surface area (Å²) in [5, 5.41) is 2.46. The zero-order valence-electron chi connectivity index (χ0n) is 20.4. The van der Waals surface area contributed by atoms with Crippen molar-refractivity contribution in [1.29, 1.82) is 0 Å². The van der Waals surface area contributed by atoms with Gasteiger partial charge in [0, 0.05) is 28.6 Å². The monoisotopic (exact) mass is 548 g/mol. The lowest BCUT2D eigenvalue weighted by molar-refractivity contribution is -0.135. The summed E-state index contributed by atoms with van der Waals surface area (Å²) in [6, 6.07) is 14.6. The Labute approximate surface area is 221 Å². The maximum absolute atomic E-state index is 13.6. The van der Waals surface area contributed by atoms with Gasteiger partial charge in [-0.15, -0.1) is 11.3 Å². The molecule has 0 unspecified atom stereocenters. The maximum atomic E-state index is 13.6. The van der Waals surface area contributed by atoms with Crippen molar-refractivity contribution in [3.8, 4) is 11.5 Å². The molecule has 2 aromatic carbocycles. The van der Waals surface area contributed by atoms with Crippen LogP contribution in [-0.2, 0) is 21.2 Å². The van der Waals surface area contributed by atoms with E-state index in [0.717, 1.165) is 12.0 Å². The summed E-state index contributed by atoms with van der Waals surface area (Å²) in [6.45, 7) is 3.99. The molecule has 10 heteroatoms. The van der Waals surface area contributed by atoms with Gasteiger partial charge in [-0.3, -0.25) is 4.79 Å². The van der Waals surface area contributed by atoms with E-state index in [9.17, 15) is 13.2 Å². The van der Waals surface area contributed by atoms with E-state index in [1.807, 2.05) is 29.6 Å². The summed E-state index contributed by atoms with van der Waals surface area (Å²) < 4.78 is 39.4. The molecule has 1 atom stereocenters. The molecule has 0 spiro atoms. The first-order valence-electron chi connectivity index (χ1n) is 11.6. The Bertz CT molecular complexity index is 1310. The zero-order chi connectivity index (χ0) is 25.9. The van der Waals surface area contributed by atoms with Gasteiger partial charge in [0.25, 0.3) is 0 Å². The number of amides is 1. The highest BCUT2D eigenvalue weighted by Crippen LogP contribution is 2.34. The number of fused-ring (bicyclic) bond motifs is 1. The van der Waals surface area contributed by atoms with Gasteiger partial charge in [-0.05, 0) is 73.7 Å². The quantitative estimate of drug-likeness (QED) is 0.375. The Balaban J connectivity index is 1.56. The van der Waals surface area contributed by atoms with Crippen molar-refractivity contribution >= 4 is 38.9 Å². The number of carbonyl (C=O) groups is 1. The van der Waals surface area contributed by atoms with Gasteiger partial charge in [-0.25, -0.2) is 8.42 Å². The highest BCUT2D eigenvalue weighted by molar-refractivity contribution is 7.89. The third-order valence-corrected chi connectivity index (χ3v) is 9.44. The SMILES string of the molecule is COc1cccc(OC[C@H]2c3ccsc3CCN2C(=O)CN(C(C)C)S(=O)(=O)c2ccc(Cl)cc2)c1. The molecule has 0 N–H and O–H groups in total. The van der Waals surface area contributed by atoms with Gasteiger partial charge in [0.15, 0.2) is 0 Å². The highest BCUT2D eigenvalue weighted by Gasteiger charge is 2.36. The van der Waals surface area contributed by atoms with Crippen LogP contribution in [0, 0.1) is 0 Å². The van der Waals surface area contributed by atoms with Crippen molar-refractivity contribution in [3.63, 3.8) is 0 Å². The average molecular weight is 549 g/mol. The Hall–Kier alpha value is -2.59. The first-order valence-corrected chi connectivity index (χ1v) is 14.3. The number of benzene rings is 2. The maximum Gasteiger partial charge on any atom is 0.243 e. The van der Waals surface area contributed by atoms with Crippen LogP contribution >= 0.6 is 22.9 Å². The summed E-state index contributed by atoms with van der Waals surface area (Å²) in [5.74, 6) is 1.05. The molecule has 1 aliphatic heterocycles. The van der Waals surface area contributed by atoms with Crippen LogP contribution in [0.15, 0.2) is 64.9 Å². The topological polar surface area (TPSA) is 76.2 Å². The first kappa shape index (κ1) is 26.5. The lowest BCUT2D eigenvalue weighted by Gasteiger charge is -2.37. The second-order valence-corrected chi connectivity index (χ2v) is 12.1. The molecular formula is C26H29ClN2O5S2. The van der Waals surface area contributed by atoms with Crippen molar-refractivity contribution < 1.29 is 22.7 Å². The number of hydrogen-bond donors (Lipinski definition) is 0. The molecule has 0 aliphatic carbocycles. The number of sulfonamides is 1. The Kier molecular flexibility index (Phi) is 8.24. The molecule has 0 fully saturated rings. The van der Waals surface area contributed by atoms with Crippen LogP contribution in [0.3, 0.4) is 0 Å². The van der Waals surface area contributed by atoms with Crippen molar-refractivity contribution in [3.05, 3.63) is 75.4 Å². The van der Waals surface area contributed by atoms with Crippen LogP contribution in [0.1, 0.15) is 30.3 Å². The van der Waals surface area contributed by atoms with E-state index in [4.69, 9.17) is 21.1 Å². The summed E-state index contributed by atoms with van der Waals surface area (Å²) >= 11 is 7.60. The van der Waals surface area contributed by atoms with Crippen LogP contribution in [0.5, 0.6) is 11.5 Å². The highest BCUT2D eigenvalue weighted by atomic mass is 35.5. The molecule has 3 aromatic rings. The summed E-state index contributed by atoms with van der Waals surface area (Å²) in [6.07, 6.45) is 0.722. The van der Waals surface area contributed by atoms with Crippen LogP contribution in [0.2, 0.25) is 5.02 Å². The molecule has 36 heavy (non-hydrogen) atoms. The predicted octanol–water partition coefficient (Wildman–Crippen LogP) is 5.01. The number of halogens is 1. The summed E-state index contributed by atoms with van der Waals surface area (Å²) in [4.78, 5) is 16.7. The van der Waals surface area contributed by atoms with E-state index in [0.29, 0.717) is 23.1 Å². The third kappa shape index (κ3) is 5.70. The molecule has 2 heterocycles. The second kappa shape index (κ2) is 11.2. The summed E-state index contributed by atoms with van der Waals surface area (Å²) in [5.41, 5.74) is 1.04. The van der Waals surface area contributed by atoms with Gasteiger partial charge < -0.3 is 14.4 Å². The largest absolute Gasteiger partial charge is 0.497 e. The number of nitrogens with zero attached hydrogens (tertiary/aromatic N) is 2. The zero-order valence-corrected chi connectivity index (χ0v) is 22.8. The first-order chi connectivity index (χ1) is 17.2. The second-order valence-electron chi connectivity index (χ2n) is 8.74. The number of methoxy groups -OCH3 is 1. The van der Waals surface area contributed by atoms with Gasteiger partial charge >= 0.3 is 0 Å². The number of ether oxygens (including phenoxy) is 2. The lowest BCUT2D eigenvalue weighted by Crippen LogP contribution is -2.49. The van der Waals surface area contributed by atoms with Crippen LogP contribution < -0.4 is 9.47 Å². The normalized spacial score (nSPS) is 15.7. The molecule has 0 bridgehead atoms. The van der Waals surface area contributed by atoms with Crippen LogP contribution in [-0.4, -0.2) is 56.4 Å². The standard InChI is InChI=1S/C26H29ClN2O5S2/c1-18(2)29(36(31,32)22-9-7-19(27)8-10-22)16-26(30)28-13-11-25-23(12-14-35-25)24(28)17-34-21-6-4-5-20(15-21)33-3/h4-10,12,14-15,18,24H,11,13,16-17H2,1-3H3/t24-/m0/s1. The average Bonchev–Trinajstić information content (AvgIpc) is 3.35. The molecule has 7 nitrogen and oxygen atoms in total. The van der Waals surface area contributed by atoms with Gasteiger partial charge in [-0.2, -0.15) is 4.31 Å². The molecule has 1 aromatic heterocycles. The number of rotatable bonds is 9. The van der Waals surface area contributed by atoms with E-state index in [1.54, 1.807) is 43.3 Å². The fraction of sp³-hybridized carbons (Fsp3) is 0.346. The van der Waals surface area contributed by atoms with Gasteiger partial charge in [0.1, 0.15) is 18.1 Å². The minimum Gasteiger partial charge on any atom is -0.497 e. The third-order valence-electron chi connectivity index (χ3n) is 6.15. The van der Waals surface area contributed by atoms with Gasteiger partial charge in [-0.1, -0.05) is 17.7 Å². The molecule has 1 aliphatic rings. The van der Waals surface area contributed by atoms with Crippen molar-refractivity contribution in [2.24, 2.45) is 0 Å². The smallest absolute Gasteiger partial charge is 0.243 e. The van der Waals surface area contributed by atoms with E-state index >= 15 is 0 Å². The fourth-order valence-electron chi connectivity index (χ4n) is 4.25. The van der Waals surface area contributed by atoms with Crippen molar-refractivity contribution in [1.82, 2.24) is 9.21 Å². The van der Waals surface area contributed by atoms with Crippen molar-refractivity contribution in [2.75, 3.05) is 26.8 Å². The van der Waals surface area contributed by atoms with Crippen molar-refractivity contribution in [2.45, 2.75) is 37.2 Å². The van der Waals surface area contributed by atoms with Gasteiger partial charge in [0.05, 0.1) is 24.6 Å². The number of hydrogen-bond acceptors (Lipinski definition) is 6. The predicted molar refractivity (Wildman–Crippen MR) is 141 cm³/mol. The molecule has 0 saturated carbocycles. The molecule has 0 radical (unpaired) electrons. The van der Waals surface area contributed by atoms with E-state index in [-0.39, 0.29) is 30.0 Å². The fourth-order valence-corrected chi connectivity index (χ4v) is 6.89. The van der Waals surface area contributed by atoms with Gasteiger partial charge in [0.2, 0.25) is 15.9 Å². The molecule has 0 saturated heterocycles. The Morgan fingerprint density at radius 1 is 1.17 bits per heavy atom. The van der Waals surface area contributed by atoms with Crippen LogP contribution in [0.4, 0.5) is 0 Å². The summed E-state index contributed by atoms with van der Waals surface area (Å²) in [7, 11) is -2.30. The van der Waals surface area contributed by atoms with Crippen LogP contribution in [0.25, 0.3) is 0 Å². The molecule has 1 amide bonds. The lowest BCUT2D eigenvalue weighted by atomic mass is 10.0. The minimum absolute atomic E-state index is 0.102. The molecule has 192 valence electrons. The molecule has 4 rings (SSSR count). The van der Waals surface area contributed by atoms with E-state index in [2.05, 4.69) is 0 Å². The van der Waals surface area contributed by atoms with E-state index < -0.39 is 16.1 Å². The Morgan fingerprint density at radius 3 is 2.58 bits per heavy atom. The number of carbonyl (C=O) groups excluding carboxylic acids is 1. The minimum atomic E-state index is -3.90. The number of thiophene rings is 1. The Morgan fingerprint density at radius 2 is 1.89 bits per heavy atom. The van der Waals surface area contributed by atoms with E-state index in [1.165, 1.54) is 33.4 Å².